The normalized spacial score (nSPS) is 40.4. The summed E-state index contributed by atoms with van der Waals surface area (Å²) in [6, 6.07) is 0.366. The molecule has 2 aliphatic rings. The third-order valence-corrected chi connectivity index (χ3v) is 4.81. The fraction of sp³-hybridized carbons (Fsp3) is 1.00. The highest BCUT2D eigenvalue weighted by atomic mass is 16.5. The van der Waals surface area contributed by atoms with Gasteiger partial charge in [-0.05, 0) is 38.0 Å². The smallest absolute Gasteiger partial charge is 0.0748 e. The molecule has 2 rings (SSSR count). The summed E-state index contributed by atoms with van der Waals surface area (Å²) in [5, 5.41) is 0. The first-order valence-corrected chi connectivity index (χ1v) is 7.37. The van der Waals surface area contributed by atoms with Gasteiger partial charge in [-0.15, -0.1) is 0 Å². The molecule has 0 aromatic heterocycles. The molecular weight excluding hydrogens is 212 g/mol. The maximum Gasteiger partial charge on any atom is 0.0748 e. The standard InChI is InChI=1S/C14H28N2O/c1-3-11-6-4-5-7-12(11)14(16-15)13-9-8-10(2)17-13/h10-14,16H,3-9,15H2,1-2H3. The van der Waals surface area contributed by atoms with Crippen LogP contribution in [0.15, 0.2) is 0 Å². The summed E-state index contributed by atoms with van der Waals surface area (Å²) in [6.07, 6.45) is 9.85. The molecule has 3 N–H and O–H groups in total. The van der Waals surface area contributed by atoms with Crippen LogP contribution in [-0.2, 0) is 4.74 Å². The summed E-state index contributed by atoms with van der Waals surface area (Å²) < 4.78 is 6.02. The van der Waals surface area contributed by atoms with Crippen LogP contribution >= 0.6 is 0 Å². The van der Waals surface area contributed by atoms with Gasteiger partial charge < -0.3 is 4.74 Å². The summed E-state index contributed by atoms with van der Waals surface area (Å²) in [7, 11) is 0. The van der Waals surface area contributed by atoms with Crippen molar-refractivity contribution in [2.75, 3.05) is 0 Å². The molecule has 0 aromatic carbocycles. The summed E-state index contributed by atoms with van der Waals surface area (Å²) >= 11 is 0. The zero-order valence-corrected chi connectivity index (χ0v) is 11.3. The molecule has 3 heteroatoms. The Morgan fingerprint density at radius 1 is 1.24 bits per heavy atom. The number of nitrogens with two attached hydrogens (primary N) is 1. The molecule has 1 aliphatic heterocycles. The van der Waals surface area contributed by atoms with Crippen molar-refractivity contribution < 1.29 is 4.74 Å². The zero-order valence-electron chi connectivity index (χ0n) is 11.3. The molecule has 5 unspecified atom stereocenters. The minimum atomic E-state index is 0.340. The van der Waals surface area contributed by atoms with Crippen molar-refractivity contribution in [1.29, 1.82) is 0 Å². The molecule has 5 atom stereocenters. The SMILES string of the molecule is CCC1CCCCC1C(NN)C1CCC(C)O1. The number of hydrazine groups is 1. The van der Waals surface area contributed by atoms with Gasteiger partial charge >= 0.3 is 0 Å². The monoisotopic (exact) mass is 240 g/mol. The van der Waals surface area contributed by atoms with Crippen LogP contribution in [0, 0.1) is 11.8 Å². The summed E-state index contributed by atoms with van der Waals surface area (Å²) in [5.74, 6) is 7.37. The highest BCUT2D eigenvalue weighted by Crippen LogP contribution is 2.37. The molecule has 0 aromatic rings. The van der Waals surface area contributed by atoms with Crippen molar-refractivity contribution in [3.63, 3.8) is 0 Å². The van der Waals surface area contributed by atoms with Gasteiger partial charge in [-0.2, -0.15) is 0 Å². The maximum atomic E-state index is 6.02. The molecule has 0 bridgehead atoms. The Kier molecular flexibility index (Phi) is 4.83. The van der Waals surface area contributed by atoms with Gasteiger partial charge in [-0.3, -0.25) is 11.3 Å². The topological polar surface area (TPSA) is 47.3 Å². The second-order valence-electron chi connectivity index (χ2n) is 5.87. The largest absolute Gasteiger partial charge is 0.374 e. The van der Waals surface area contributed by atoms with Gasteiger partial charge in [0.05, 0.1) is 18.2 Å². The summed E-state index contributed by atoms with van der Waals surface area (Å²) in [4.78, 5) is 0. The molecule has 17 heavy (non-hydrogen) atoms. The van der Waals surface area contributed by atoms with Crippen molar-refractivity contribution in [1.82, 2.24) is 5.43 Å². The quantitative estimate of drug-likeness (QED) is 0.586. The van der Waals surface area contributed by atoms with Crippen LogP contribution in [0.1, 0.15) is 58.8 Å². The molecular formula is C14H28N2O. The van der Waals surface area contributed by atoms with Gasteiger partial charge in [0, 0.05) is 0 Å². The van der Waals surface area contributed by atoms with Crippen LogP contribution in [-0.4, -0.2) is 18.2 Å². The van der Waals surface area contributed by atoms with Gasteiger partial charge in [0.1, 0.15) is 0 Å². The Morgan fingerprint density at radius 2 is 2.00 bits per heavy atom. The van der Waals surface area contributed by atoms with E-state index in [2.05, 4.69) is 19.3 Å². The van der Waals surface area contributed by atoms with E-state index >= 15 is 0 Å². The van der Waals surface area contributed by atoms with E-state index in [9.17, 15) is 0 Å². The third-order valence-electron chi connectivity index (χ3n) is 4.81. The number of nitrogens with one attached hydrogen (secondary N) is 1. The molecule has 1 aliphatic carbocycles. The van der Waals surface area contributed by atoms with E-state index < -0.39 is 0 Å². The molecule has 0 spiro atoms. The lowest BCUT2D eigenvalue weighted by Crippen LogP contribution is -2.51. The Hall–Kier alpha value is -0.120. The molecule has 2 fully saturated rings. The van der Waals surface area contributed by atoms with E-state index in [1.165, 1.54) is 44.9 Å². The van der Waals surface area contributed by atoms with Crippen molar-refractivity contribution in [3.8, 4) is 0 Å². The second kappa shape index (κ2) is 6.17. The molecule has 0 radical (unpaired) electrons. The first-order valence-electron chi connectivity index (χ1n) is 7.37. The first-order chi connectivity index (χ1) is 8.26. The van der Waals surface area contributed by atoms with Crippen LogP contribution in [0.2, 0.25) is 0 Å². The molecule has 1 heterocycles. The third kappa shape index (κ3) is 3.01. The Balaban J connectivity index is 2.00. The number of rotatable bonds is 4. The number of hydrogen-bond donors (Lipinski definition) is 2. The van der Waals surface area contributed by atoms with Crippen molar-refractivity contribution in [2.24, 2.45) is 17.7 Å². The first kappa shape index (κ1) is 13.3. The van der Waals surface area contributed by atoms with Gasteiger partial charge in [-0.1, -0.05) is 32.6 Å². The van der Waals surface area contributed by atoms with Gasteiger partial charge in [-0.25, -0.2) is 0 Å². The lowest BCUT2D eigenvalue weighted by Gasteiger charge is -2.39. The molecule has 1 saturated heterocycles. The van der Waals surface area contributed by atoms with Crippen molar-refractivity contribution in [3.05, 3.63) is 0 Å². The predicted octanol–water partition coefficient (Wildman–Crippen LogP) is 2.60. The van der Waals surface area contributed by atoms with Crippen LogP contribution in [0.5, 0.6) is 0 Å². The van der Waals surface area contributed by atoms with Crippen LogP contribution < -0.4 is 11.3 Å². The molecule has 0 amide bonds. The highest BCUT2D eigenvalue weighted by Gasteiger charge is 2.38. The average Bonchev–Trinajstić information content (AvgIpc) is 2.77. The number of hydrogen-bond acceptors (Lipinski definition) is 3. The van der Waals surface area contributed by atoms with Gasteiger partial charge in [0.2, 0.25) is 0 Å². The van der Waals surface area contributed by atoms with E-state index in [0.29, 0.717) is 24.2 Å². The molecule has 1 saturated carbocycles. The van der Waals surface area contributed by atoms with E-state index in [0.717, 1.165) is 5.92 Å². The van der Waals surface area contributed by atoms with E-state index in [-0.39, 0.29) is 0 Å². The Morgan fingerprint density at radius 3 is 2.59 bits per heavy atom. The highest BCUT2D eigenvalue weighted by molar-refractivity contribution is 4.91. The van der Waals surface area contributed by atoms with Crippen LogP contribution in [0.25, 0.3) is 0 Å². The van der Waals surface area contributed by atoms with E-state index in [4.69, 9.17) is 10.6 Å². The summed E-state index contributed by atoms with van der Waals surface area (Å²) in [5.41, 5.74) is 3.07. The minimum absolute atomic E-state index is 0.340. The van der Waals surface area contributed by atoms with Crippen molar-refractivity contribution in [2.45, 2.75) is 77.0 Å². The fourth-order valence-electron chi connectivity index (χ4n) is 3.82. The van der Waals surface area contributed by atoms with Crippen LogP contribution in [0.4, 0.5) is 0 Å². The second-order valence-corrected chi connectivity index (χ2v) is 5.87. The lowest BCUT2D eigenvalue weighted by atomic mass is 9.72. The molecule has 3 nitrogen and oxygen atoms in total. The average molecular weight is 240 g/mol. The Bertz CT molecular complexity index is 234. The van der Waals surface area contributed by atoms with Gasteiger partial charge in [0.25, 0.3) is 0 Å². The van der Waals surface area contributed by atoms with E-state index in [1.807, 2.05) is 0 Å². The number of ether oxygens (including phenoxy) is 1. The van der Waals surface area contributed by atoms with E-state index in [1.54, 1.807) is 0 Å². The lowest BCUT2D eigenvalue weighted by molar-refractivity contribution is 0.000670. The molecule has 100 valence electrons. The Labute approximate surface area is 105 Å². The fourth-order valence-corrected chi connectivity index (χ4v) is 3.82. The van der Waals surface area contributed by atoms with Gasteiger partial charge in [0.15, 0.2) is 0 Å². The minimum Gasteiger partial charge on any atom is -0.374 e. The van der Waals surface area contributed by atoms with Crippen molar-refractivity contribution >= 4 is 0 Å². The van der Waals surface area contributed by atoms with Crippen LogP contribution in [0.3, 0.4) is 0 Å². The summed E-state index contributed by atoms with van der Waals surface area (Å²) in [6.45, 7) is 4.49. The predicted molar refractivity (Wildman–Crippen MR) is 70.4 cm³/mol. The zero-order chi connectivity index (χ0) is 12.3. The maximum absolute atomic E-state index is 6.02.